The summed E-state index contributed by atoms with van der Waals surface area (Å²) in [6.07, 6.45) is 0.991. The van der Waals surface area contributed by atoms with E-state index in [4.69, 9.17) is 0 Å². The molecule has 1 atom stereocenters. The van der Waals surface area contributed by atoms with Gasteiger partial charge in [-0.15, -0.1) is 11.8 Å². The maximum Gasteiger partial charge on any atom is 0.317 e. The minimum absolute atomic E-state index is 0.00897. The number of likely N-dealkylation sites (N-methyl/N-ethyl adjacent to an activating group) is 1. The predicted octanol–water partition coefficient (Wildman–Crippen LogP) is 3.07. The van der Waals surface area contributed by atoms with Crippen LogP contribution in [0.5, 0.6) is 0 Å². The largest absolute Gasteiger partial charge is 0.334 e. The SMILES string of the molecule is Cc1ccc(SCCCN(C)C(=O)N[C@H](C)CN(C)C)cc1. The molecule has 0 aliphatic carbocycles. The lowest BCUT2D eigenvalue weighted by Gasteiger charge is -2.23. The first-order valence-electron chi connectivity index (χ1n) is 7.74. The Bertz CT molecular complexity index is 448. The summed E-state index contributed by atoms with van der Waals surface area (Å²) >= 11 is 1.84. The second-order valence-corrected chi connectivity index (χ2v) is 7.22. The molecular formula is C17H29N3OS. The molecule has 4 nitrogen and oxygen atoms in total. The lowest BCUT2D eigenvalue weighted by atomic mass is 10.2. The lowest BCUT2D eigenvalue weighted by molar-refractivity contribution is 0.202. The van der Waals surface area contributed by atoms with Crippen LogP contribution in [0.3, 0.4) is 0 Å². The first-order chi connectivity index (χ1) is 10.4. The van der Waals surface area contributed by atoms with Gasteiger partial charge in [-0.25, -0.2) is 4.79 Å². The number of amides is 2. The summed E-state index contributed by atoms with van der Waals surface area (Å²) in [6.45, 7) is 5.75. The van der Waals surface area contributed by atoms with Gasteiger partial charge in [0.05, 0.1) is 0 Å². The summed E-state index contributed by atoms with van der Waals surface area (Å²) in [5.41, 5.74) is 1.28. The van der Waals surface area contributed by atoms with Gasteiger partial charge in [-0.05, 0) is 52.2 Å². The standard InChI is InChI=1S/C17H29N3OS/c1-14-7-9-16(10-8-14)22-12-6-11-20(5)17(21)18-15(2)13-19(3)4/h7-10,15H,6,11-13H2,1-5H3,(H,18,21)/t15-/m1/s1. The molecule has 0 fully saturated rings. The number of aryl methyl sites for hydroxylation is 1. The van der Waals surface area contributed by atoms with Crippen molar-refractivity contribution in [3.8, 4) is 0 Å². The van der Waals surface area contributed by atoms with Crippen molar-refractivity contribution in [2.24, 2.45) is 0 Å². The minimum atomic E-state index is 0.00897. The Kier molecular flexibility index (Phi) is 8.35. The van der Waals surface area contributed by atoms with Gasteiger partial charge < -0.3 is 15.1 Å². The van der Waals surface area contributed by atoms with Crippen molar-refractivity contribution in [2.45, 2.75) is 31.2 Å². The van der Waals surface area contributed by atoms with E-state index in [0.717, 1.165) is 25.3 Å². The maximum absolute atomic E-state index is 12.0. The Morgan fingerprint density at radius 2 is 1.86 bits per heavy atom. The Hall–Kier alpha value is -1.20. The molecule has 124 valence electrons. The smallest absolute Gasteiger partial charge is 0.317 e. The number of hydrogen-bond acceptors (Lipinski definition) is 3. The van der Waals surface area contributed by atoms with Gasteiger partial charge in [0, 0.05) is 31.1 Å². The molecule has 0 aromatic heterocycles. The summed E-state index contributed by atoms with van der Waals surface area (Å²) < 4.78 is 0. The molecule has 0 bridgehead atoms. The maximum atomic E-state index is 12.0. The average Bonchev–Trinajstić information content (AvgIpc) is 2.44. The molecule has 22 heavy (non-hydrogen) atoms. The first kappa shape index (κ1) is 18.8. The van der Waals surface area contributed by atoms with Crippen LogP contribution in [0.15, 0.2) is 29.2 Å². The zero-order chi connectivity index (χ0) is 16.5. The lowest BCUT2D eigenvalue weighted by Crippen LogP contribution is -2.45. The third kappa shape index (κ3) is 7.71. The van der Waals surface area contributed by atoms with Crippen LogP contribution in [0, 0.1) is 6.92 Å². The molecule has 5 heteroatoms. The van der Waals surface area contributed by atoms with Crippen molar-refractivity contribution < 1.29 is 4.79 Å². The molecule has 0 heterocycles. The van der Waals surface area contributed by atoms with E-state index in [2.05, 4.69) is 41.4 Å². The van der Waals surface area contributed by atoms with Crippen molar-refractivity contribution >= 4 is 17.8 Å². The van der Waals surface area contributed by atoms with Crippen LogP contribution in [0.1, 0.15) is 18.9 Å². The van der Waals surface area contributed by atoms with Gasteiger partial charge in [-0.1, -0.05) is 17.7 Å². The van der Waals surface area contributed by atoms with Crippen LogP contribution in [-0.4, -0.2) is 61.9 Å². The number of nitrogens with one attached hydrogen (secondary N) is 1. The van der Waals surface area contributed by atoms with Gasteiger partial charge in [0.2, 0.25) is 0 Å². The fourth-order valence-corrected chi connectivity index (χ4v) is 2.98. The van der Waals surface area contributed by atoms with E-state index in [9.17, 15) is 4.79 Å². The van der Waals surface area contributed by atoms with Gasteiger partial charge in [0.1, 0.15) is 0 Å². The summed E-state index contributed by atoms with van der Waals surface area (Å²) in [7, 11) is 5.87. The summed E-state index contributed by atoms with van der Waals surface area (Å²) in [4.78, 5) is 17.2. The molecule has 0 saturated carbocycles. The van der Waals surface area contributed by atoms with Gasteiger partial charge in [-0.2, -0.15) is 0 Å². The summed E-state index contributed by atoms with van der Waals surface area (Å²) in [6, 6.07) is 8.74. The van der Waals surface area contributed by atoms with Crippen LogP contribution in [-0.2, 0) is 0 Å². The molecule has 0 aliphatic rings. The van der Waals surface area contributed by atoms with Crippen LogP contribution in [0.4, 0.5) is 4.79 Å². The molecule has 0 unspecified atom stereocenters. The Labute approximate surface area is 139 Å². The normalized spacial score (nSPS) is 12.3. The molecule has 0 radical (unpaired) electrons. The van der Waals surface area contributed by atoms with Crippen LogP contribution in [0.25, 0.3) is 0 Å². The van der Waals surface area contributed by atoms with Crippen LogP contribution >= 0.6 is 11.8 Å². The fourth-order valence-electron chi connectivity index (χ4n) is 2.14. The molecule has 1 N–H and O–H groups in total. The predicted molar refractivity (Wildman–Crippen MR) is 95.7 cm³/mol. The Balaban J connectivity index is 2.20. The number of hydrogen-bond donors (Lipinski definition) is 1. The van der Waals surface area contributed by atoms with Gasteiger partial charge in [0.15, 0.2) is 0 Å². The monoisotopic (exact) mass is 323 g/mol. The zero-order valence-corrected chi connectivity index (χ0v) is 15.2. The number of thioether (sulfide) groups is 1. The van der Waals surface area contributed by atoms with E-state index in [1.807, 2.05) is 39.8 Å². The third-order valence-corrected chi connectivity index (χ3v) is 4.38. The molecule has 0 saturated heterocycles. The van der Waals surface area contributed by atoms with Crippen LogP contribution in [0.2, 0.25) is 0 Å². The van der Waals surface area contributed by atoms with Crippen molar-refractivity contribution in [1.29, 1.82) is 0 Å². The Morgan fingerprint density at radius 1 is 1.23 bits per heavy atom. The second kappa shape index (κ2) is 9.74. The number of carbonyl (C=O) groups is 1. The highest BCUT2D eigenvalue weighted by atomic mass is 32.2. The summed E-state index contributed by atoms with van der Waals surface area (Å²) in [5.74, 6) is 1.02. The fraction of sp³-hybridized carbons (Fsp3) is 0.588. The number of urea groups is 1. The molecule has 2 amide bonds. The molecule has 0 aliphatic heterocycles. The van der Waals surface area contributed by atoms with Gasteiger partial charge in [0.25, 0.3) is 0 Å². The highest BCUT2D eigenvalue weighted by Gasteiger charge is 2.12. The number of carbonyl (C=O) groups excluding carboxylic acids is 1. The van der Waals surface area contributed by atoms with E-state index >= 15 is 0 Å². The third-order valence-electron chi connectivity index (χ3n) is 3.28. The number of benzene rings is 1. The van der Waals surface area contributed by atoms with Crippen molar-refractivity contribution in [3.05, 3.63) is 29.8 Å². The summed E-state index contributed by atoms with van der Waals surface area (Å²) in [5, 5.41) is 3.01. The minimum Gasteiger partial charge on any atom is -0.334 e. The number of rotatable bonds is 8. The quantitative estimate of drug-likeness (QED) is 0.590. The average molecular weight is 324 g/mol. The van der Waals surface area contributed by atoms with E-state index in [1.165, 1.54) is 10.5 Å². The van der Waals surface area contributed by atoms with E-state index in [-0.39, 0.29) is 12.1 Å². The molecule has 1 aromatic rings. The zero-order valence-electron chi connectivity index (χ0n) is 14.4. The van der Waals surface area contributed by atoms with Crippen molar-refractivity contribution in [2.75, 3.05) is 40.0 Å². The molecule has 1 aromatic carbocycles. The molecular weight excluding hydrogens is 294 g/mol. The highest BCUT2D eigenvalue weighted by molar-refractivity contribution is 7.99. The van der Waals surface area contributed by atoms with Crippen molar-refractivity contribution in [3.63, 3.8) is 0 Å². The first-order valence-corrected chi connectivity index (χ1v) is 8.73. The van der Waals surface area contributed by atoms with E-state index in [1.54, 1.807) is 4.90 Å². The molecule has 1 rings (SSSR count). The molecule has 0 spiro atoms. The highest BCUT2D eigenvalue weighted by Crippen LogP contribution is 2.18. The van der Waals surface area contributed by atoms with E-state index < -0.39 is 0 Å². The van der Waals surface area contributed by atoms with Gasteiger partial charge in [-0.3, -0.25) is 0 Å². The van der Waals surface area contributed by atoms with E-state index in [0.29, 0.717) is 0 Å². The van der Waals surface area contributed by atoms with Crippen molar-refractivity contribution in [1.82, 2.24) is 15.1 Å². The van der Waals surface area contributed by atoms with Gasteiger partial charge >= 0.3 is 6.03 Å². The second-order valence-electron chi connectivity index (χ2n) is 6.05. The van der Waals surface area contributed by atoms with Crippen LogP contribution < -0.4 is 5.32 Å². The number of nitrogens with zero attached hydrogens (tertiary/aromatic N) is 2. The Morgan fingerprint density at radius 3 is 2.45 bits per heavy atom. The topological polar surface area (TPSA) is 35.6 Å².